The average Bonchev–Trinajstić information content (AvgIpc) is 2.69. The van der Waals surface area contributed by atoms with Crippen molar-refractivity contribution in [1.82, 2.24) is 0 Å². The Morgan fingerprint density at radius 1 is 1.13 bits per heavy atom. The van der Waals surface area contributed by atoms with E-state index in [0.717, 1.165) is 22.4 Å². The third-order valence-corrected chi connectivity index (χ3v) is 2.72. The molecule has 0 amide bonds. The van der Waals surface area contributed by atoms with Crippen molar-refractivity contribution in [1.29, 1.82) is 0 Å². The molecule has 72 valence electrons. The summed E-state index contributed by atoms with van der Waals surface area (Å²) < 4.78 is 0. The standard InChI is InChI=1S/C13H9NO/c15-12-6-5-9-7-8-14-13(9)11-4-2-1-3-10(11)12/h1-5,7-8H,6H2. The molecule has 0 radical (unpaired) electrons. The number of hydrogen-bond donors (Lipinski definition) is 0. The third-order valence-electron chi connectivity index (χ3n) is 2.72. The quantitative estimate of drug-likeness (QED) is 0.625. The molecule has 1 aliphatic carbocycles. The molecular formula is C13H9NO. The number of benzene rings is 1. The maximum absolute atomic E-state index is 11.8. The first kappa shape index (κ1) is 8.36. The van der Waals surface area contributed by atoms with Crippen molar-refractivity contribution in [2.45, 2.75) is 6.42 Å². The number of nitrogens with zero attached hydrogens (tertiary/aromatic N) is 1. The summed E-state index contributed by atoms with van der Waals surface area (Å²) in [6.45, 7) is 0. The maximum atomic E-state index is 11.8. The van der Waals surface area contributed by atoms with Crippen LogP contribution in [0.2, 0.25) is 0 Å². The van der Waals surface area contributed by atoms with Crippen LogP contribution in [0.5, 0.6) is 0 Å². The van der Waals surface area contributed by atoms with Gasteiger partial charge in [-0.3, -0.25) is 9.79 Å². The summed E-state index contributed by atoms with van der Waals surface area (Å²) in [5.41, 5.74) is 3.73. The molecule has 0 N–H and O–H groups in total. The fourth-order valence-electron chi connectivity index (χ4n) is 1.98. The molecule has 0 spiro atoms. The van der Waals surface area contributed by atoms with Gasteiger partial charge in [0.2, 0.25) is 0 Å². The summed E-state index contributed by atoms with van der Waals surface area (Å²) in [5.74, 6) is 0.170. The van der Waals surface area contributed by atoms with Crippen molar-refractivity contribution in [2.75, 3.05) is 0 Å². The molecule has 1 aromatic rings. The van der Waals surface area contributed by atoms with Crippen LogP contribution in [0.3, 0.4) is 0 Å². The SMILES string of the molecule is O=C1CC=C2C=CN=C2c2ccccc21. The van der Waals surface area contributed by atoms with Crippen molar-refractivity contribution < 1.29 is 4.79 Å². The zero-order valence-corrected chi connectivity index (χ0v) is 8.10. The van der Waals surface area contributed by atoms with E-state index in [9.17, 15) is 4.79 Å². The van der Waals surface area contributed by atoms with Gasteiger partial charge in [0, 0.05) is 23.7 Å². The second-order valence-corrected chi connectivity index (χ2v) is 3.63. The van der Waals surface area contributed by atoms with E-state index in [-0.39, 0.29) is 5.78 Å². The largest absolute Gasteiger partial charge is 0.294 e. The van der Waals surface area contributed by atoms with Crippen molar-refractivity contribution in [3.8, 4) is 0 Å². The predicted molar refractivity (Wildman–Crippen MR) is 59.1 cm³/mol. The van der Waals surface area contributed by atoms with Crippen LogP contribution in [0.1, 0.15) is 22.3 Å². The highest BCUT2D eigenvalue weighted by atomic mass is 16.1. The normalized spacial score (nSPS) is 17.7. The Kier molecular flexibility index (Phi) is 1.68. The minimum absolute atomic E-state index is 0.170. The van der Waals surface area contributed by atoms with Gasteiger partial charge in [-0.25, -0.2) is 0 Å². The molecule has 1 aliphatic heterocycles. The van der Waals surface area contributed by atoms with Gasteiger partial charge in [-0.2, -0.15) is 0 Å². The molecule has 15 heavy (non-hydrogen) atoms. The monoisotopic (exact) mass is 195 g/mol. The van der Waals surface area contributed by atoms with E-state index < -0.39 is 0 Å². The van der Waals surface area contributed by atoms with E-state index in [0.29, 0.717) is 6.42 Å². The van der Waals surface area contributed by atoms with Gasteiger partial charge in [0.1, 0.15) is 0 Å². The lowest BCUT2D eigenvalue weighted by molar-refractivity contribution is 0.0996. The van der Waals surface area contributed by atoms with E-state index in [4.69, 9.17) is 0 Å². The Morgan fingerprint density at radius 3 is 2.80 bits per heavy atom. The number of Topliss-reactive ketones (excluding diaryl/α,β-unsaturated/α-hetero) is 1. The molecule has 0 aromatic heterocycles. The van der Waals surface area contributed by atoms with Crippen molar-refractivity contribution in [2.24, 2.45) is 4.99 Å². The molecule has 0 unspecified atom stereocenters. The van der Waals surface area contributed by atoms with Crippen LogP contribution in [0.15, 0.2) is 53.2 Å². The van der Waals surface area contributed by atoms with E-state index in [2.05, 4.69) is 4.99 Å². The third kappa shape index (κ3) is 1.18. The second kappa shape index (κ2) is 3.02. The van der Waals surface area contributed by atoms with Gasteiger partial charge < -0.3 is 0 Å². The number of ketones is 1. The molecule has 1 heterocycles. The van der Waals surface area contributed by atoms with E-state index >= 15 is 0 Å². The molecular weight excluding hydrogens is 186 g/mol. The zero-order chi connectivity index (χ0) is 10.3. The second-order valence-electron chi connectivity index (χ2n) is 3.63. The zero-order valence-electron chi connectivity index (χ0n) is 8.10. The lowest BCUT2D eigenvalue weighted by atomic mass is 9.99. The highest BCUT2D eigenvalue weighted by Gasteiger charge is 2.21. The molecule has 1 aromatic carbocycles. The van der Waals surface area contributed by atoms with Gasteiger partial charge in [0.15, 0.2) is 5.78 Å². The van der Waals surface area contributed by atoms with Gasteiger partial charge in [-0.15, -0.1) is 0 Å². The Balaban J connectivity index is 2.28. The summed E-state index contributed by atoms with van der Waals surface area (Å²) in [6, 6.07) is 7.66. The molecule has 2 nitrogen and oxygen atoms in total. The Morgan fingerprint density at radius 2 is 1.93 bits per heavy atom. The van der Waals surface area contributed by atoms with Crippen LogP contribution >= 0.6 is 0 Å². The highest BCUT2D eigenvalue weighted by molar-refractivity contribution is 6.22. The lowest BCUT2D eigenvalue weighted by Gasteiger charge is -2.04. The first-order valence-electron chi connectivity index (χ1n) is 4.94. The molecule has 0 fully saturated rings. The van der Waals surface area contributed by atoms with Crippen LogP contribution in [0.25, 0.3) is 0 Å². The van der Waals surface area contributed by atoms with Gasteiger partial charge in [-0.1, -0.05) is 30.3 Å². The van der Waals surface area contributed by atoms with Crippen LogP contribution in [0.4, 0.5) is 0 Å². The van der Waals surface area contributed by atoms with Crippen molar-refractivity contribution in [3.63, 3.8) is 0 Å². The molecule has 0 saturated heterocycles. The number of carbonyl (C=O) groups is 1. The minimum atomic E-state index is 0.170. The summed E-state index contributed by atoms with van der Waals surface area (Å²) in [7, 11) is 0. The maximum Gasteiger partial charge on any atom is 0.167 e. The van der Waals surface area contributed by atoms with Crippen LogP contribution in [-0.2, 0) is 0 Å². The number of allylic oxidation sites excluding steroid dienone is 3. The Labute approximate surface area is 87.7 Å². The van der Waals surface area contributed by atoms with E-state index in [1.54, 1.807) is 6.20 Å². The summed E-state index contributed by atoms with van der Waals surface area (Å²) in [6.07, 6.45) is 6.15. The smallest absolute Gasteiger partial charge is 0.167 e. The van der Waals surface area contributed by atoms with Gasteiger partial charge in [0.25, 0.3) is 0 Å². The first-order chi connectivity index (χ1) is 7.36. The van der Waals surface area contributed by atoms with Crippen molar-refractivity contribution >= 4 is 11.5 Å². The number of rotatable bonds is 0. The van der Waals surface area contributed by atoms with E-state index in [1.807, 2.05) is 36.4 Å². The van der Waals surface area contributed by atoms with Gasteiger partial charge >= 0.3 is 0 Å². The van der Waals surface area contributed by atoms with Crippen LogP contribution < -0.4 is 0 Å². The number of fused-ring (bicyclic) bond motifs is 3. The highest BCUT2D eigenvalue weighted by Crippen LogP contribution is 2.24. The van der Waals surface area contributed by atoms with Crippen molar-refractivity contribution in [3.05, 3.63) is 59.3 Å². The van der Waals surface area contributed by atoms with Crippen LogP contribution in [-0.4, -0.2) is 11.5 Å². The molecule has 2 heteroatoms. The first-order valence-corrected chi connectivity index (χ1v) is 4.94. The summed E-state index contributed by atoms with van der Waals surface area (Å²) >= 11 is 0. The number of aliphatic imine (C=N–C) groups is 1. The molecule has 2 aliphatic rings. The fraction of sp³-hybridized carbons (Fsp3) is 0.0769. The molecule has 0 bridgehead atoms. The number of hydrogen-bond acceptors (Lipinski definition) is 2. The minimum Gasteiger partial charge on any atom is -0.294 e. The van der Waals surface area contributed by atoms with E-state index in [1.165, 1.54) is 0 Å². The molecule has 3 rings (SSSR count). The average molecular weight is 195 g/mol. The van der Waals surface area contributed by atoms with Gasteiger partial charge in [-0.05, 0) is 11.6 Å². The topological polar surface area (TPSA) is 29.4 Å². The fourth-order valence-corrected chi connectivity index (χ4v) is 1.98. The predicted octanol–water partition coefficient (Wildman–Crippen LogP) is 2.52. The van der Waals surface area contributed by atoms with Crippen LogP contribution in [0, 0.1) is 0 Å². The Hall–Kier alpha value is -1.96. The summed E-state index contributed by atoms with van der Waals surface area (Å²) in [5, 5.41) is 0. The summed E-state index contributed by atoms with van der Waals surface area (Å²) in [4.78, 5) is 16.1. The molecule has 0 saturated carbocycles. The lowest BCUT2D eigenvalue weighted by Crippen LogP contribution is -2.05. The molecule has 0 atom stereocenters. The van der Waals surface area contributed by atoms with Gasteiger partial charge in [0.05, 0.1) is 5.71 Å². The Bertz CT molecular complexity index is 535. The number of carbonyl (C=O) groups excluding carboxylic acids is 1.